The van der Waals surface area contributed by atoms with Crippen molar-refractivity contribution in [2.45, 2.75) is 13.0 Å². The van der Waals surface area contributed by atoms with Gasteiger partial charge in [0, 0.05) is 25.5 Å². The molecule has 0 atom stereocenters. The minimum Gasteiger partial charge on any atom is -0.302 e. The summed E-state index contributed by atoms with van der Waals surface area (Å²) in [7, 11) is 2.16. The van der Waals surface area contributed by atoms with Gasteiger partial charge in [-0.3, -0.25) is 9.97 Å². The first kappa shape index (κ1) is 10.4. The monoisotopic (exact) mass is 225 g/mol. The van der Waals surface area contributed by atoms with Crippen LogP contribution in [-0.2, 0) is 13.0 Å². The van der Waals surface area contributed by atoms with E-state index in [1.165, 1.54) is 11.1 Å². The lowest BCUT2D eigenvalue weighted by atomic mass is 9.97. The van der Waals surface area contributed by atoms with E-state index in [0.717, 1.165) is 30.9 Å². The molecule has 0 radical (unpaired) electrons. The number of likely N-dealkylation sites (N-methyl/N-ethyl adjacent to an activating group) is 1. The molecule has 3 heterocycles. The highest BCUT2D eigenvalue weighted by Gasteiger charge is 2.18. The first-order chi connectivity index (χ1) is 8.34. The number of hydrogen-bond acceptors (Lipinski definition) is 3. The molecule has 1 aliphatic heterocycles. The van der Waals surface area contributed by atoms with Crippen LogP contribution in [-0.4, -0.2) is 28.5 Å². The molecule has 0 aromatic carbocycles. The quantitative estimate of drug-likeness (QED) is 0.744. The molecule has 2 aromatic rings. The summed E-state index contributed by atoms with van der Waals surface area (Å²) in [4.78, 5) is 11.2. The minimum atomic E-state index is 0.980. The van der Waals surface area contributed by atoms with Crippen LogP contribution < -0.4 is 0 Å². The standard InChI is InChI=1S/C14H15N3/c1-17-9-6-12-11(10-17)5-8-16-14(12)13-4-2-3-7-15-13/h2-5,7-8H,6,9-10H2,1H3. The van der Waals surface area contributed by atoms with Crippen LogP contribution in [0.15, 0.2) is 36.7 Å². The summed E-state index contributed by atoms with van der Waals surface area (Å²) in [6.45, 7) is 2.11. The summed E-state index contributed by atoms with van der Waals surface area (Å²) < 4.78 is 0. The Morgan fingerprint density at radius 2 is 2.06 bits per heavy atom. The van der Waals surface area contributed by atoms with Crippen LogP contribution in [0.4, 0.5) is 0 Å². The van der Waals surface area contributed by atoms with Gasteiger partial charge in [-0.2, -0.15) is 0 Å². The van der Waals surface area contributed by atoms with Gasteiger partial charge in [-0.05, 0) is 42.8 Å². The molecule has 86 valence electrons. The highest BCUT2D eigenvalue weighted by Crippen LogP contribution is 2.26. The highest BCUT2D eigenvalue weighted by atomic mass is 15.1. The molecule has 2 aromatic heterocycles. The van der Waals surface area contributed by atoms with Crippen molar-refractivity contribution >= 4 is 0 Å². The molecule has 3 nitrogen and oxygen atoms in total. The Morgan fingerprint density at radius 1 is 1.12 bits per heavy atom. The number of hydrogen-bond donors (Lipinski definition) is 0. The number of rotatable bonds is 1. The van der Waals surface area contributed by atoms with E-state index in [1.54, 1.807) is 0 Å². The first-order valence-corrected chi connectivity index (χ1v) is 5.91. The Balaban J connectivity index is 2.10. The van der Waals surface area contributed by atoms with E-state index >= 15 is 0 Å². The molecule has 0 saturated carbocycles. The smallest absolute Gasteiger partial charge is 0.0921 e. The Morgan fingerprint density at radius 3 is 2.88 bits per heavy atom. The molecule has 0 unspecified atom stereocenters. The molecule has 1 aliphatic rings. The third-order valence-electron chi connectivity index (χ3n) is 3.24. The average Bonchev–Trinajstić information content (AvgIpc) is 2.39. The summed E-state index contributed by atoms with van der Waals surface area (Å²) >= 11 is 0. The van der Waals surface area contributed by atoms with Crippen molar-refractivity contribution in [2.24, 2.45) is 0 Å². The Bertz CT molecular complexity index is 522. The van der Waals surface area contributed by atoms with Gasteiger partial charge in [0.15, 0.2) is 0 Å². The third-order valence-corrected chi connectivity index (χ3v) is 3.24. The average molecular weight is 225 g/mol. The Hall–Kier alpha value is -1.74. The van der Waals surface area contributed by atoms with Gasteiger partial charge in [0.05, 0.1) is 11.4 Å². The van der Waals surface area contributed by atoms with Crippen LogP contribution >= 0.6 is 0 Å². The van der Waals surface area contributed by atoms with E-state index in [-0.39, 0.29) is 0 Å². The predicted molar refractivity (Wildman–Crippen MR) is 67.5 cm³/mol. The van der Waals surface area contributed by atoms with Gasteiger partial charge in [-0.1, -0.05) is 6.07 Å². The predicted octanol–water partition coefficient (Wildman–Crippen LogP) is 2.13. The second-order valence-corrected chi connectivity index (χ2v) is 4.50. The van der Waals surface area contributed by atoms with E-state index in [2.05, 4.69) is 28.0 Å². The number of aromatic nitrogens is 2. The van der Waals surface area contributed by atoms with Crippen LogP contribution in [0.1, 0.15) is 11.1 Å². The topological polar surface area (TPSA) is 29.0 Å². The number of pyridine rings is 2. The van der Waals surface area contributed by atoms with Crippen molar-refractivity contribution in [3.05, 3.63) is 47.8 Å². The molecule has 0 spiro atoms. The van der Waals surface area contributed by atoms with Gasteiger partial charge in [0.25, 0.3) is 0 Å². The van der Waals surface area contributed by atoms with Crippen molar-refractivity contribution in [3.8, 4) is 11.4 Å². The highest BCUT2D eigenvalue weighted by molar-refractivity contribution is 5.60. The number of fused-ring (bicyclic) bond motifs is 1. The van der Waals surface area contributed by atoms with E-state index in [0.29, 0.717) is 0 Å². The molecular weight excluding hydrogens is 210 g/mol. The normalized spacial score (nSPS) is 15.6. The molecule has 0 N–H and O–H groups in total. The summed E-state index contributed by atoms with van der Waals surface area (Å²) in [6.07, 6.45) is 4.78. The fourth-order valence-electron chi connectivity index (χ4n) is 2.36. The molecule has 3 rings (SSSR count). The molecule has 0 aliphatic carbocycles. The second-order valence-electron chi connectivity index (χ2n) is 4.50. The molecule has 0 saturated heterocycles. The van der Waals surface area contributed by atoms with Crippen LogP contribution in [0.2, 0.25) is 0 Å². The van der Waals surface area contributed by atoms with Crippen molar-refractivity contribution in [1.82, 2.24) is 14.9 Å². The van der Waals surface area contributed by atoms with Gasteiger partial charge in [0.1, 0.15) is 0 Å². The van der Waals surface area contributed by atoms with Gasteiger partial charge in [-0.15, -0.1) is 0 Å². The fraction of sp³-hybridized carbons (Fsp3) is 0.286. The summed E-state index contributed by atoms with van der Waals surface area (Å²) in [5.41, 5.74) is 4.78. The maximum Gasteiger partial charge on any atom is 0.0921 e. The molecule has 17 heavy (non-hydrogen) atoms. The summed E-state index contributed by atoms with van der Waals surface area (Å²) in [5.74, 6) is 0. The van der Waals surface area contributed by atoms with Crippen LogP contribution in [0, 0.1) is 0 Å². The van der Waals surface area contributed by atoms with Crippen molar-refractivity contribution in [3.63, 3.8) is 0 Å². The lowest BCUT2D eigenvalue weighted by Gasteiger charge is -2.26. The lowest BCUT2D eigenvalue weighted by Crippen LogP contribution is -2.27. The molecule has 0 fully saturated rings. The van der Waals surface area contributed by atoms with Crippen molar-refractivity contribution < 1.29 is 0 Å². The van der Waals surface area contributed by atoms with Crippen molar-refractivity contribution in [2.75, 3.05) is 13.6 Å². The molecular formula is C14H15N3. The molecule has 0 amide bonds. The molecule has 3 heteroatoms. The zero-order valence-electron chi connectivity index (χ0n) is 9.93. The SMILES string of the molecule is CN1CCc2c(ccnc2-c2ccccn2)C1. The van der Waals surface area contributed by atoms with E-state index in [1.807, 2.05) is 30.6 Å². The van der Waals surface area contributed by atoms with E-state index < -0.39 is 0 Å². The molecule has 0 bridgehead atoms. The van der Waals surface area contributed by atoms with Crippen molar-refractivity contribution in [1.29, 1.82) is 0 Å². The zero-order valence-corrected chi connectivity index (χ0v) is 9.93. The van der Waals surface area contributed by atoms with Gasteiger partial charge < -0.3 is 4.90 Å². The maximum atomic E-state index is 4.51. The van der Waals surface area contributed by atoms with Gasteiger partial charge in [-0.25, -0.2) is 0 Å². The second kappa shape index (κ2) is 4.26. The lowest BCUT2D eigenvalue weighted by molar-refractivity contribution is 0.313. The van der Waals surface area contributed by atoms with Crippen LogP contribution in [0.25, 0.3) is 11.4 Å². The Labute approximate surface area is 101 Å². The van der Waals surface area contributed by atoms with Crippen LogP contribution in [0.5, 0.6) is 0 Å². The van der Waals surface area contributed by atoms with Gasteiger partial charge >= 0.3 is 0 Å². The largest absolute Gasteiger partial charge is 0.302 e. The first-order valence-electron chi connectivity index (χ1n) is 5.91. The summed E-state index contributed by atoms with van der Waals surface area (Å²) in [6, 6.07) is 8.10. The third kappa shape index (κ3) is 1.94. The van der Waals surface area contributed by atoms with Gasteiger partial charge in [0.2, 0.25) is 0 Å². The minimum absolute atomic E-state index is 0.980. The van der Waals surface area contributed by atoms with Crippen LogP contribution in [0.3, 0.4) is 0 Å². The fourth-order valence-corrected chi connectivity index (χ4v) is 2.36. The Kier molecular flexibility index (Phi) is 2.61. The van der Waals surface area contributed by atoms with E-state index in [9.17, 15) is 0 Å². The van der Waals surface area contributed by atoms with E-state index in [4.69, 9.17) is 0 Å². The number of nitrogens with zero attached hydrogens (tertiary/aromatic N) is 3. The zero-order chi connectivity index (χ0) is 11.7. The maximum absolute atomic E-state index is 4.51. The summed E-state index contributed by atoms with van der Waals surface area (Å²) in [5, 5.41) is 0.